The van der Waals surface area contributed by atoms with Gasteiger partial charge in [0.15, 0.2) is 11.8 Å². The van der Waals surface area contributed by atoms with E-state index < -0.39 is 11.3 Å². The van der Waals surface area contributed by atoms with Crippen molar-refractivity contribution in [2.45, 2.75) is 55.3 Å². The van der Waals surface area contributed by atoms with Gasteiger partial charge in [-0.05, 0) is 37.8 Å². The highest BCUT2D eigenvalue weighted by Crippen LogP contribution is 2.45. The van der Waals surface area contributed by atoms with Crippen molar-refractivity contribution >= 4 is 11.6 Å². The third-order valence-electron chi connectivity index (χ3n) is 6.82. The fourth-order valence-corrected chi connectivity index (χ4v) is 5.03. The predicted molar refractivity (Wildman–Crippen MR) is 105 cm³/mol. The second-order valence-corrected chi connectivity index (χ2v) is 8.84. The molecule has 0 aliphatic carbocycles. The quantitative estimate of drug-likeness (QED) is 0.386. The Morgan fingerprint density at radius 2 is 2.10 bits per heavy atom. The van der Waals surface area contributed by atoms with Crippen LogP contribution in [0.25, 0.3) is 0 Å². The van der Waals surface area contributed by atoms with Crippen LogP contribution in [0.5, 0.6) is 0 Å². The van der Waals surface area contributed by atoms with Gasteiger partial charge in [0, 0.05) is 38.4 Å². The van der Waals surface area contributed by atoms with Crippen molar-refractivity contribution in [1.82, 2.24) is 20.0 Å². The van der Waals surface area contributed by atoms with Gasteiger partial charge in [-0.2, -0.15) is 10.3 Å². The van der Waals surface area contributed by atoms with Gasteiger partial charge in [-0.3, -0.25) is 26.3 Å². The maximum Gasteiger partial charge on any atom is 0.202 e. The number of nitriles is 1. The topological polar surface area (TPSA) is 120 Å². The summed E-state index contributed by atoms with van der Waals surface area (Å²) in [4.78, 5) is 12.1. The fraction of sp³-hybridized carbons (Fsp3) is 0.684. The van der Waals surface area contributed by atoms with E-state index in [1.165, 1.54) is 0 Å². The molecule has 0 spiro atoms. The maximum absolute atomic E-state index is 9.63. The van der Waals surface area contributed by atoms with Crippen LogP contribution in [-0.4, -0.2) is 70.0 Å². The summed E-state index contributed by atoms with van der Waals surface area (Å²) in [6.45, 7) is 3.24. The number of nitrogens with two attached hydrogens (primary N) is 2. The number of likely N-dealkylation sites (tertiary alicyclic amines) is 1. The number of rotatable bonds is 6. The number of hydrogen-bond donors (Lipinski definition) is 2. The molecule has 5 aliphatic rings. The molecule has 5 saturated heterocycles. The number of ether oxygens (including phenoxy) is 1. The molecule has 1 aromatic rings. The van der Waals surface area contributed by atoms with Gasteiger partial charge in [0.1, 0.15) is 6.10 Å². The minimum atomic E-state index is -0.864. The van der Waals surface area contributed by atoms with Crippen molar-refractivity contribution in [2.24, 2.45) is 11.6 Å². The summed E-state index contributed by atoms with van der Waals surface area (Å²) in [6, 6.07) is 6.34. The highest BCUT2D eigenvalue weighted by Gasteiger charge is 2.61. The number of aromatic nitrogens is 1. The third kappa shape index (κ3) is 3.15. The molecular formula is C19H26ClN7O2. The van der Waals surface area contributed by atoms with Crippen molar-refractivity contribution < 1.29 is 9.57 Å². The van der Waals surface area contributed by atoms with Gasteiger partial charge in [0.25, 0.3) is 0 Å². The van der Waals surface area contributed by atoms with E-state index in [9.17, 15) is 5.26 Å². The molecule has 6 rings (SSSR count). The SMILES string of the molecule is N#CC1(CCN(N)C2CCN(C3OC3(N)c3ccc(Cl)cn3)CC2)C2CCN1O2. The van der Waals surface area contributed by atoms with Gasteiger partial charge >= 0.3 is 0 Å². The van der Waals surface area contributed by atoms with Crippen molar-refractivity contribution in [3.63, 3.8) is 0 Å². The standard InChI is InChI=1S/C19H26ClN7O2/c20-13-1-2-15(24-11-13)19(22)17(28-19)25-7-3-14(4-8-25)26(23)10-6-18(12-21)16-5-9-27(18)29-16/h1-2,11,14,16-17H,3-10,22-23H2. The summed E-state index contributed by atoms with van der Waals surface area (Å²) >= 11 is 5.91. The average Bonchev–Trinajstić information content (AvgIpc) is 3.09. The van der Waals surface area contributed by atoms with Crippen molar-refractivity contribution in [3.8, 4) is 6.07 Å². The lowest BCUT2D eigenvalue weighted by Gasteiger charge is -2.46. The number of pyridine rings is 1. The molecular weight excluding hydrogens is 394 g/mol. The molecule has 6 heterocycles. The largest absolute Gasteiger partial charge is 0.327 e. The first-order chi connectivity index (χ1) is 14.0. The van der Waals surface area contributed by atoms with Crippen molar-refractivity contribution in [1.29, 1.82) is 5.26 Å². The Morgan fingerprint density at radius 1 is 1.31 bits per heavy atom. The molecule has 2 bridgehead atoms. The van der Waals surface area contributed by atoms with E-state index in [-0.39, 0.29) is 18.4 Å². The van der Waals surface area contributed by atoms with E-state index >= 15 is 0 Å². The van der Waals surface area contributed by atoms with Gasteiger partial charge < -0.3 is 4.74 Å². The van der Waals surface area contributed by atoms with E-state index in [0.717, 1.165) is 38.9 Å². The molecule has 0 radical (unpaired) electrons. The molecule has 0 aromatic carbocycles. The first-order valence-electron chi connectivity index (χ1n) is 10.2. The monoisotopic (exact) mass is 419 g/mol. The zero-order chi connectivity index (χ0) is 20.2. The first kappa shape index (κ1) is 19.6. The molecule has 10 heteroatoms. The predicted octanol–water partition coefficient (Wildman–Crippen LogP) is 0.515. The Labute approximate surface area is 175 Å². The molecule has 5 aliphatic heterocycles. The summed E-state index contributed by atoms with van der Waals surface area (Å²) in [6.07, 6.45) is 4.97. The van der Waals surface area contributed by atoms with Crippen LogP contribution >= 0.6 is 11.6 Å². The fourth-order valence-electron chi connectivity index (χ4n) is 4.92. The van der Waals surface area contributed by atoms with Crippen LogP contribution in [0.4, 0.5) is 0 Å². The van der Waals surface area contributed by atoms with Crippen LogP contribution in [0.2, 0.25) is 5.02 Å². The Hall–Kier alpha value is -1.35. The Morgan fingerprint density at radius 3 is 2.69 bits per heavy atom. The van der Waals surface area contributed by atoms with Crippen LogP contribution in [-0.2, 0) is 15.3 Å². The lowest BCUT2D eigenvalue weighted by Crippen LogP contribution is -2.63. The van der Waals surface area contributed by atoms with Crippen LogP contribution in [0.15, 0.2) is 18.3 Å². The summed E-state index contributed by atoms with van der Waals surface area (Å²) in [5, 5.41) is 13.9. The first-order valence-corrected chi connectivity index (χ1v) is 10.5. The number of hydrazine groups is 1. The summed E-state index contributed by atoms with van der Waals surface area (Å²) in [5.41, 5.74) is 5.75. The zero-order valence-electron chi connectivity index (χ0n) is 16.2. The molecule has 5 fully saturated rings. The van der Waals surface area contributed by atoms with Gasteiger partial charge in [0.05, 0.1) is 16.8 Å². The lowest BCUT2D eigenvalue weighted by molar-refractivity contribution is -0.318. The van der Waals surface area contributed by atoms with Gasteiger partial charge in [-0.25, -0.2) is 5.01 Å². The lowest BCUT2D eigenvalue weighted by atomic mass is 9.89. The number of epoxide rings is 1. The Bertz CT molecular complexity index is 796. The van der Waals surface area contributed by atoms with Crippen LogP contribution in [0.3, 0.4) is 0 Å². The van der Waals surface area contributed by atoms with E-state index in [1.54, 1.807) is 12.3 Å². The third-order valence-corrected chi connectivity index (χ3v) is 7.04. The normalized spacial score (nSPS) is 39.3. The second kappa shape index (κ2) is 7.11. The number of halogens is 1. The maximum atomic E-state index is 9.63. The Balaban J connectivity index is 1.12. The smallest absolute Gasteiger partial charge is 0.202 e. The molecule has 1 aromatic heterocycles. The molecule has 9 nitrogen and oxygen atoms in total. The zero-order valence-corrected chi connectivity index (χ0v) is 17.0. The van der Waals surface area contributed by atoms with Crippen LogP contribution in [0, 0.1) is 11.3 Å². The van der Waals surface area contributed by atoms with Crippen LogP contribution < -0.4 is 11.6 Å². The van der Waals surface area contributed by atoms with Crippen molar-refractivity contribution in [2.75, 3.05) is 26.2 Å². The highest BCUT2D eigenvalue weighted by molar-refractivity contribution is 6.30. The van der Waals surface area contributed by atoms with E-state index in [1.807, 2.05) is 16.1 Å². The number of hydrogen-bond acceptors (Lipinski definition) is 9. The minimum Gasteiger partial charge on any atom is -0.327 e. The van der Waals surface area contributed by atoms with Crippen LogP contribution in [0.1, 0.15) is 31.4 Å². The van der Waals surface area contributed by atoms with Gasteiger partial charge in [0.2, 0.25) is 5.72 Å². The Kier molecular flexibility index (Phi) is 4.81. The van der Waals surface area contributed by atoms with E-state index in [0.29, 0.717) is 23.7 Å². The van der Waals surface area contributed by atoms with Gasteiger partial charge in [-0.15, -0.1) is 0 Å². The molecule has 156 valence electrons. The number of hydroxylamine groups is 2. The molecule has 0 saturated carbocycles. The summed E-state index contributed by atoms with van der Waals surface area (Å²) in [5.74, 6) is 6.36. The second-order valence-electron chi connectivity index (χ2n) is 8.40. The molecule has 5 unspecified atom stereocenters. The molecule has 29 heavy (non-hydrogen) atoms. The van der Waals surface area contributed by atoms with E-state index in [2.05, 4.69) is 16.0 Å². The van der Waals surface area contributed by atoms with Gasteiger partial charge in [-0.1, -0.05) is 11.6 Å². The summed E-state index contributed by atoms with van der Waals surface area (Å²) in [7, 11) is 0. The highest BCUT2D eigenvalue weighted by atomic mass is 35.5. The molecule has 4 N–H and O–H groups in total. The molecule has 5 atom stereocenters. The molecule has 0 amide bonds. The minimum absolute atomic E-state index is 0.0360. The number of nitrogens with zero attached hydrogens (tertiary/aromatic N) is 5. The van der Waals surface area contributed by atoms with Crippen molar-refractivity contribution in [3.05, 3.63) is 29.0 Å². The summed E-state index contributed by atoms with van der Waals surface area (Å²) < 4.78 is 5.82. The number of fused-ring (bicyclic) bond motifs is 1. The van der Waals surface area contributed by atoms with E-state index in [4.69, 9.17) is 32.8 Å². The average molecular weight is 420 g/mol. The number of piperidine rings is 1.